The molecule has 0 N–H and O–H groups in total. The van der Waals surface area contributed by atoms with E-state index >= 15 is 0 Å². The minimum absolute atomic E-state index is 0.0350. The van der Waals surface area contributed by atoms with Gasteiger partial charge in [0.2, 0.25) is 5.91 Å². The fourth-order valence-corrected chi connectivity index (χ4v) is 4.84. The van der Waals surface area contributed by atoms with E-state index in [4.69, 9.17) is 10.1 Å². The molecule has 1 aliphatic rings. The van der Waals surface area contributed by atoms with Crippen LogP contribution in [0.3, 0.4) is 0 Å². The van der Waals surface area contributed by atoms with Gasteiger partial charge in [0.05, 0.1) is 17.6 Å². The first-order valence-corrected chi connectivity index (χ1v) is 12.0. The molecule has 0 spiro atoms. The summed E-state index contributed by atoms with van der Waals surface area (Å²) in [4.78, 5) is 19.6. The molecule has 2 atom stereocenters. The smallest absolute Gasteiger partial charge is 0.223 e. The Balaban J connectivity index is 1.66. The molecule has 1 saturated heterocycles. The third-order valence-corrected chi connectivity index (χ3v) is 7.12. The molecule has 5 nitrogen and oxygen atoms in total. The number of hydrogen-bond donors (Lipinski definition) is 0. The maximum absolute atomic E-state index is 13.7. The van der Waals surface area contributed by atoms with Crippen LogP contribution in [0.5, 0.6) is 0 Å². The Bertz CT molecular complexity index is 1380. The minimum Gasteiger partial charge on any atom is -0.338 e. The van der Waals surface area contributed by atoms with Crippen LogP contribution in [0, 0.1) is 19.7 Å². The molecule has 5 rings (SSSR count). The predicted molar refractivity (Wildman–Crippen MR) is 135 cm³/mol. The summed E-state index contributed by atoms with van der Waals surface area (Å²) in [5, 5.41) is 4.93. The SMILES string of the molecule is CCc1ccc(-c2nc([C@@H]3CC(=O)N(C)[C@H]3c3ccc(F)cc3)n(-c3ccc(C)c(C)c3)n2)cc1. The summed E-state index contributed by atoms with van der Waals surface area (Å²) < 4.78 is 15.5. The number of aryl methyl sites for hydroxylation is 3. The van der Waals surface area contributed by atoms with Gasteiger partial charge in [-0.2, -0.15) is 0 Å². The van der Waals surface area contributed by atoms with E-state index < -0.39 is 0 Å². The van der Waals surface area contributed by atoms with E-state index in [1.54, 1.807) is 24.1 Å². The molecule has 3 aromatic carbocycles. The van der Waals surface area contributed by atoms with Gasteiger partial charge in [0.25, 0.3) is 0 Å². The highest BCUT2D eigenvalue weighted by Gasteiger charge is 2.42. The fourth-order valence-electron chi connectivity index (χ4n) is 4.84. The molecule has 6 heteroatoms. The van der Waals surface area contributed by atoms with Crippen molar-refractivity contribution >= 4 is 5.91 Å². The van der Waals surface area contributed by atoms with Crippen LogP contribution in [0.15, 0.2) is 66.7 Å². The zero-order chi connectivity index (χ0) is 24.7. The van der Waals surface area contributed by atoms with Crippen molar-refractivity contribution in [3.8, 4) is 17.1 Å². The lowest BCUT2D eigenvalue weighted by Crippen LogP contribution is -2.24. The highest BCUT2D eigenvalue weighted by Crippen LogP contribution is 2.44. The Labute approximate surface area is 205 Å². The number of aromatic nitrogens is 3. The van der Waals surface area contributed by atoms with Crippen molar-refractivity contribution in [1.29, 1.82) is 0 Å². The number of carbonyl (C=O) groups excluding carboxylic acids is 1. The van der Waals surface area contributed by atoms with Gasteiger partial charge in [-0.05, 0) is 66.8 Å². The van der Waals surface area contributed by atoms with Crippen LogP contribution in [0.25, 0.3) is 17.1 Å². The molecule has 2 heterocycles. The number of benzene rings is 3. The van der Waals surface area contributed by atoms with Crippen molar-refractivity contribution in [2.75, 3.05) is 7.05 Å². The highest BCUT2D eigenvalue weighted by atomic mass is 19.1. The van der Waals surface area contributed by atoms with Crippen molar-refractivity contribution in [2.24, 2.45) is 0 Å². The fraction of sp³-hybridized carbons (Fsp3) is 0.276. The van der Waals surface area contributed by atoms with Gasteiger partial charge in [-0.15, -0.1) is 5.10 Å². The molecule has 0 bridgehead atoms. The molecule has 1 aliphatic heterocycles. The van der Waals surface area contributed by atoms with Crippen LogP contribution in [0.4, 0.5) is 4.39 Å². The molecular formula is C29H29FN4O. The van der Waals surface area contributed by atoms with Crippen LogP contribution < -0.4 is 0 Å². The average Bonchev–Trinajstić information content (AvgIpc) is 3.43. The largest absolute Gasteiger partial charge is 0.338 e. The van der Waals surface area contributed by atoms with Crippen LogP contribution in [0.2, 0.25) is 0 Å². The number of rotatable bonds is 5. The summed E-state index contributed by atoms with van der Waals surface area (Å²) in [6, 6.07) is 20.6. The molecule has 0 saturated carbocycles. The quantitative estimate of drug-likeness (QED) is 0.364. The van der Waals surface area contributed by atoms with Gasteiger partial charge in [0, 0.05) is 19.0 Å². The van der Waals surface area contributed by atoms with E-state index in [-0.39, 0.29) is 23.7 Å². The second-order valence-electron chi connectivity index (χ2n) is 9.34. The van der Waals surface area contributed by atoms with Gasteiger partial charge < -0.3 is 4.90 Å². The normalized spacial score (nSPS) is 17.9. The van der Waals surface area contributed by atoms with Gasteiger partial charge in [0.1, 0.15) is 11.6 Å². The molecule has 0 unspecified atom stereocenters. The number of carbonyl (C=O) groups is 1. The number of likely N-dealkylation sites (tertiary alicyclic amines) is 1. The minimum atomic E-state index is -0.298. The van der Waals surface area contributed by atoms with E-state index in [0.717, 1.165) is 34.6 Å². The third kappa shape index (κ3) is 4.25. The Morgan fingerprint density at radius 3 is 2.34 bits per heavy atom. The Morgan fingerprint density at radius 1 is 0.971 bits per heavy atom. The Hall–Kier alpha value is -3.80. The monoisotopic (exact) mass is 468 g/mol. The summed E-state index contributed by atoms with van der Waals surface area (Å²) in [6.07, 6.45) is 1.28. The zero-order valence-corrected chi connectivity index (χ0v) is 20.5. The van der Waals surface area contributed by atoms with Gasteiger partial charge in [-0.3, -0.25) is 4.79 Å². The molecule has 1 amide bonds. The summed E-state index contributed by atoms with van der Waals surface area (Å²) in [5.74, 6) is 0.868. The van der Waals surface area contributed by atoms with Crippen molar-refractivity contribution in [1.82, 2.24) is 19.7 Å². The van der Waals surface area contributed by atoms with Crippen LogP contribution in [-0.2, 0) is 11.2 Å². The first kappa shape index (κ1) is 23.0. The maximum Gasteiger partial charge on any atom is 0.223 e. The van der Waals surface area contributed by atoms with Crippen LogP contribution in [-0.4, -0.2) is 32.6 Å². The van der Waals surface area contributed by atoms with E-state index in [9.17, 15) is 9.18 Å². The van der Waals surface area contributed by atoms with Gasteiger partial charge >= 0.3 is 0 Å². The van der Waals surface area contributed by atoms with Crippen LogP contribution >= 0.6 is 0 Å². The molecule has 178 valence electrons. The van der Waals surface area contributed by atoms with E-state index in [0.29, 0.717) is 12.2 Å². The summed E-state index contributed by atoms with van der Waals surface area (Å²) in [6.45, 7) is 6.29. The number of amides is 1. The van der Waals surface area contributed by atoms with Gasteiger partial charge in [0.15, 0.2) is 5.82 Å². The molecule has 0 aliphatic carbocycles. The Morgan fingerprint density at radius 2 is 1.69 bits per heavy atom. The third-order valence-electron chi connectivity index (χ3n) is 7.12. The summed E-state index contributed by atoms with van der Waals surface area (Å²) in [7, 11) is 1.80. The second-order valence-corrected chi connectivity index (χ2v) is 9.34. The predicted octanol–water partition coefficient (Wildman–Crippen LogP) is 5.94. The standard InChI is InChI=1S/C29H29FN4O/c1-5-20-7-9-22(10-8-20)28-31-29(34(32-28)24-15-6-18(2)19(3)16-24)25-17-26(35)33(4)27(25)21-11-13-23(30)14-12-21/h6-16,25,27H,5,17H2,1-4H3/t25-,27+/m1/s1. The second kappa shape index (κ2) is 9.10. The first-order chi connectivity index (χ1) is 16.9. The lowest BCUT2D eigenvalue weighted by atomic mass is 9.92. The van der Waals surface area contributed by atoms with E-state index in [2.05, 4.69) is 45.0 Å². The number of likely N-dealkylation sites (N-methyl/N-ethyl adjacent to an activating group) is 1. The van der Waals surface area contributed by atoms with E-state index in [1.165, 1.54) is 23.3 Å². The van der Waals surface area contributed by atoms with Gasteiger partial charge in [-0.1, -0.05) is 49.4 Å². The maximum atomic E-state index is 13.7. The van der Waals surface area contributed by atoms with Gasteiger partial charge in [-0.25, -0.2) is 14.1 Å². The number of halogens is 1. The van der Waals surface area contributed by atoms with E-state index in [1.807, 2.05) is 22.9 Å². The van der Waals surface area contributed by atoms with Crippen molar-refractivity contribution in [3.05, 3.63) is 101 Å². The summed E-state index contributed by atoms with van der Waals surface area (Å²) in [5.41, 5.74) is 6.34. The lowest BCUT2D eigenvalue weighted by molar-refractivity contribution is -0.127. The molecule has 0 radical (unpaired) electrons. The van der Waals surface area contributed by atoms with Crippen LogP contribution in [0.1, 0.15) is 53.4 Å². The molecule has 4 aromatic rings. The molecule has 1 aromatic heterocycles. The van der Waals surface area contributed by atoms with Crippen molar-refractivity contribution < 1.29 is 9.18 Å². The average molecular weight is 469 g/mol. The Kier molecular flexibility index (Phi) is 5.97. The highest BCUT2D eigenvalue weighted by molar-refractivity contribution is 5.80. The first-order valence-electron chi connectivity index (χ1n) is 12.0. The summed E-state index contributed by atoms with van der Waals surface area (Å²) >= 11 is 0. The molecule has 1 fully saturated rings. The molecular weight excluding hydrogens is 439 g/mol. The number of hydrogen-bond acceptors (Lipinski definition) is 3. The lowest BCUT2D eigenvalue weighted by Gasteiger charge is -2.25. The topological polar surface area (TPSA) is 51.0 Å². The number of nitrogens with zero attached hydrogens (tertiary/aromatic N) is 4. The molecule has 35 heavy (non-hydrogen) atoms. The van der Waals surface area contributed by atoms with Crippen molar-refractivity contribution in [2.45, 2.75) is 45.6 Å². The zero-order valence-electron chi connectivity index (χ0n) is 20.5. The van der Waals surface area contributed by atoms with Crippen molar-refractivity contribution in [3.63, 3.8) is 0 Å².